The van der Waals surface area contributed by atoms with Gasteiger partial charge in [-0.25, -0.2) is 4.79 Å². The van der Waals surface area contributed by atoms with Crippen LogP contribution in [0.25, 0.3) is 0 Å². The fourth-order valence-corrected chi connectivity index (χ4v) is 2.34. The number of carbonyl (C=O) groups excluding carboxylic acids is 1. The Balaban J connectivity index is 2.17. The van der Waals surface area contributed by atoms with Gasteiger partial charge in [0.05, 0.1) is 5.56 Å². The summed E-state index contributed by atoms with van der Waals surface area (Å²) in [6.45, 7) is 1.81. The van der Waals surface area contributed by atoms with Crippen LogP contribution in [-0.4, -0.2) is 27.5 Å². The van der Waals surface area contributed by atoms with Gasteiger partial charge in [0.2, 0.25) is 0 Å². The van der Waals surface area contributed by atoms with E-state index >= 15 is 0 Å². The first-order valence-corrected chi connectivity index (χ1v) is 5.74. The zero-order valence-electron chi connectivity index (χ0n) is 9.75. The van der Waals surface area contributed by atoms with Crippen molar-refractivity contribution in [3.63, 3.8) is 0 Å². The Bertz CT molecular complexity index is 444. The van der Waals surface area contributed by atoms with E-state index < -0.39 is 11.5 Å². The molecule has 1 aromatic rings. The van der Waals surface area contributed by atoms with E-state index in [9.17, 15) is 14.7 Å². The van der Waals surface area contributed by atoms with Crippen molar-refractivity contribution in [1.29, 1.82) is 0 Å². The Morgan fingerprint density at radius 2 is 2.00 bits per heavy atom. The molecule has 0 bridgehead atoms. The van der Waals surface area contributed by atoms with Crippen molar-refractivity contribution >= 4 is 11.9 Å². The number of carboxylic acids is 1. The second kappa shape index (κ2) is 4.24. The van der Waals surface area contributed by atoms with Crippen LogP contribution in [0.15, 0.2) is 12.4 Å². The number of rotatable bonds is 3. The summed E-state index contributed by atoms with van der Waals surface area (Å²) in [5.41, 5.74) is 0.263. The van der Waals surface area contributed by atoms with Crippen molar-refractivity contribution in [2.24, 2.45) is 0 Å². The van der Waals surface area contributed by atoms with Gasteiger partial charge in [0, 0.05) is 12.4 Å². The van der Waals surface area contributed by atoms with Gasteiger partial charge in [0.25, 0.3) is 5.91 Å². The van der Waals surface area contributed by atoms with Gasteiger partial charge in [-0.2, -0.15) is 0 Å². The van der Waals surface area contributed by atoms with Crippen molar-refractivity contribution in [2.75, 3.05) is 0 Å². The molecule has 92 valence electrons. The van der Waals surface area contributed by atoms with E-state index in [0.29, 0.717) is 18.4 Å². The third-order valence-corrected chi connectivity index (χ3v) is 3.42. The van der Waals surface area contributed by atoms with E-state index in [1.165, 1.54) is 0 Å². The summed E-state index contributed by atoms with van der Waals surface area (Å²) in [6, 6.07) is 0. The summed E-state index contributed by atoms with van der Waals surface area (Å²) in [6.07, 6.45) is 6.03. The van der Waals surface area contributed by atoms with Gasteiger partial charge in [-0.05, 0) is 25.3 Å². The molecule has 1 aliphatic rings. The Kier molecular flexibility index (Phi) is 2.92. The summed E-state index contributed by atoms with van der Waals surface area (Å²) in [5, 5.41) is 11.9. The Hall–Kier alpha value is -1.78. The first-order valence-electron chi connectivity index (χ1n) is 5.74. The van der Waals surface area contributed by atoms with E-state index in [4.69, 9.17) is 0 Å². The minimum absolute atomic E-state index is 0.312. The lowest BCUT2D eigenvalue weighted by Crippen LogP contribution is -2.52. The number of nitrogens with one attached hydrogen (secondary N) is 2. The molecule has 0 aromatic carbocycles. The average molecular weight is 236 g/mol. The van der Waals surface area contributed by atoms with Crippen molar-refractivity contribution in [3.8, 4) is 0 Å². The standard InChI is InChI=1S/C12H16N2O3/c1-8-6-13-7-9(8)10(15)14-12(11(16)17)4-2-3-5-12/h6-7,13H,2-5H2,1H3,(H,14,15)(H,16,17). The molecule has 1 heterocycles. The first kappa shape index (κ1) is 11.7. The number of aromatic nitrogens is 1. The molecule has 0 saturated heterocycles. The van der Waals surface area contributed by atoms with Crippen molar-refractivity contribution in [2.45, 2.75) is 38.1 Å². The Morgan fingerprint density at radius 3 is 2.47 bits per heavy atom. The van der Waals surface area contributed by atoms with E-state index in [-0.39, 0.29) is 5.91 Å². The summed E-state index contributed by atoms with van der Waals surface area (Å²) in [4.78, 5) is 26.1. The van der Waals surface area contributed by atoms with Crippen LogP contribution in [0.5, 0.6) is 0 Å². The van der Waals surface area contributed by atoms with Gasteiger partial charge in [0.1, 0.15) is 5.54 Å². The average Bonchev–Trinajstić information content (AvgIpc) is 2.87. The second-order valence-corrected chi connectivity index (χ2v) is 4.60. The fraction of sp³-hybridized carbons (Fsp3) is 0.500. The monoisotopic (exact) mass is 236 g/mol. The van der Waals surface area contributed by atoms with Crippen LogP contribution in [0, 0.1) is 6.92 Å². The number of amides is 1. The van der Waals surface area contributed by atoms with Crippen LogP contribution in [0.3, 0.4) is 0 Å². The lowest BCUT2D eigenvalue weighted by atomic mass is 9.97. The maximum Gasteiger partial charge on any atom is 0.329 e. The normalized spacial score (nSPS) is 17.9. The highest BCUT2D eigenvalue weighted by molar-refractivity contribution is 5.98. The van der Waals surface area contributed by atoms with Crippen molar-refractivity contribution < 1.29 is 14.7 Å². The van der Waals surface area contributed by atoms with Gasteiger partial charge in [-0.15, -0.1) is 0 Å². The Morgan fingerprint density at radius 1 is 1.35 bits per heavy atom. The molecule has 3 N–H and O–H groups in total. The molecular formula is C12H16N2O3. The zero-order valence-corrected chi connectivity index (χ0v) is 9.75. The molecule has 1 amide bonds. The minimum Gasteiger partial charge on any atom is -0.480 e. The van der Waals surface area contributed by atoms with Crippen LogP contribution in [0.4, 0.5) is 0 Å². The number of aliphatic carboxylic acids is 1. The third kappa shape index (κ3) is 2.05. The molecule has 0 aliphatic heterocycles. The summed E-state index contributed by atoms with van der Waals surface area (Å²) < 4.78 is 0. The number of H-pyrrole nitrogens is 1. The van der Waals surface area contributed by atoms with Crippen LogP contribution >= 0.6 is 0 Å². The summed E-state index contributed by atoms with van der Waals surface area (Å²) in [5.74, 6) is -1.25. The number of aryl methyl sites for hydroxylation is 1. The zero-order chi connectivity index (χ0) is 12.5. The topological polar surface area (TPSA) is 82.2 Å². The van der Waals surface area contributed by atoms with Crippen LogP contribution in [0.1, 0.15) is 41.6 Å². The molecule has 0 atom stereocenters. The molecule has 1 aliphatic carbocycles. The smallest absolute Gasteiger partial charge is 0.329 e. The molecule has 0 radical (unpaired) electrons. The van der Waals surface area contributed by atoms with Gasteiger partial charge in [0.15, 0.2) is 0 Å². The third-order valence-electron chi connectivity index (χ3n) is 3.42. The van der Waals surface area contributed by atoms with Gasteiger partial charge >= 0.3 is 5.97 Å². The first-order chi connectivity index (χ1) is 8.05. The highest BCUT2D eigenvalue weighted by Gasteiger charge is 2.42. The number of hydrogen-bond acceptors (Lipinski definition) is 2. The van der Waals surface area contributed by atoms with Gasteiger partial charge in [-0.3, -0.25) is 4.79 Å². The van der Waals surface area contributed by atoms with Crippen LogP contribution in [0.2, 0.25) is 0 Å². The molecule has 5 heteroatoms. The van der Waals surface area contributed by atoms with E-state index in [1.54, 1.807) is 12.4 Å². The maximum absolute atomic E-state index is 12.0. The molecule has 17 heavy (non-hydrogen) atoms. The summed E-state index contributed by atoms with van der Waals surface area (Å²) in [7, 11) is 0. The van der Waals surface area contributed by atoms with Crippen LogP contribution in [-0.2, 0) is 4.79 Å². The lowest BCUT2D eigenvalue weighted by molar-refractivity contribution is -0.144. The molecule has 1 aromatic heterocycles. The second-order valence-electron chi connectivity index (χ2n) is 4.60. The molecule has 0 spiro atoms. The molecule has 1 fully saturated rings. The van der Waals surface area contributed by atoms with Crippen molar-refractivity contribution in [3.05, 3.63) is 23.5 Å². The number of carboxylic acid groups (broad SMARTS) is 1. The predicted octanol–water partition coefficient (Wildman–Crippen LogP) is 1.45. The predicted molar refractivity (Wildman–Crippen MR) is 61.8 cm³/mol. The molecule has 0 unspecified atom stereocenters. The van der Waals surface area contributed by atoms with E-state index in [2.05, 4.69) is 10.3 Å². The highest BCUT2D eigenvalue weighted by atomic mass is 16.4. The fourth-order valence-electron chi connectivity index (χ4n) is 2.34. The van der Waals surface area contributed by atoms with E-state index in [0.717, 1.165) is 18.4 Å². The summed E-state index contributed by atoms with van der Waals surface area (Å²) >= 11 is 0. The van der Waals surface area contributed by atoms with Crippen LogP contribution < -0.4 is 5.32 Å². The number of aromatic amines is 1. The quantitative estimate of drug-likeness (QED) is 0.742. The Labute approximate surface area is 99.2 Å². The maximum atomic E-state index is 12.0. The number of carbonyl (C=O) groups is 2. The minimum atomic E-state index is -1.07. The SMILES string of the molecule is Cc1c[nH]cc1C(=O)NC1(C(=O)O)CCCC1. The largest absolute Gasteiger partial charge is 0.480 e. The molecule has 1 saturated carbocycles. The molecule has 5 nitrogen and oxygen atoms in total. The van der Waals surface area contributed by atoms with Gasteiger partial charge < -0.3 is 15.4 Å². The molecular weight excluding hydrogens is 220 g/mol. The van der Waals surface area contributed by atoms with Crippen molar-refractivity contribution in [1.82, 2.24) is 10.3 Å². The number of hydrogen-bond donors (Lipinski definition) is 3. The highest BCUT2D eigenvalue weighted by Crippen LogP contribution is 2.30. The van der Waals surface area contributed by atoms with E-state index in [1.807, 2.05) is 6.92 Å². The van der Waals surface area contributed by atoms with Gasteiger partial charge in [-0.1, -0.05) is 12.8 Å². The molecule has 2 rings (SSSR count). The lowest BCUT2D eigenvalue weighted by Gasteiger charge is -2.25.